The summed E-state index contributed by atoms with van der Waals surface area (Å²) >= 11 is 0. The molecule has 200 valence electrons. The van der Waals surface area contributed by atoms with E-state index in [4.69, 9.17) is 9.47 Å². The minimum absolute atomic E-state index is 0.290. The van der Waals surface area contributed by atoms with Crippen LogP contribution in [0.15, 0.2) is 55.4 Å². The first-order valence-electron chi connectivity index (χ1n) is 13.5. The second-order valence-corrected chi connectivity index (χ2v) is 11.0. The van der Waals surface area contributed by atoms with E-state index in [1.54, 1.807) is 12.4 Å². The van der Waals surface area contributed by atoms with Crippen molar-refractivity contribution >= 4 is 17.3 Å². The van der Waals surface area contributed by atoms with Gasteiger partial charge in [0.05, 0.1) is 59.6 Å². The molecule has 0 unspecified atom stereocenters. The average Bonchev–Trinajstić information content (AvgIpc) is 3.49. The number of anilines is 2. The Bertz CT molecular complexity index is 1550. The molecule has 39 heavy (non-hydrogen) atoms. The predicted molar refractivity (Wildman–Crippen MR) is 147 cm³/mol. The van der Waals surface area contributed by atoms with Crippen LogP contribution in [0, 0.1) is 0 Å². The van der Waals surface area contributed by atoms with Gasteiger partial charge in [0, 0.05) is 37.6 Å². The van der Waals surface area contributed by atoms with Gasteiger partial charge >= 0.3 is 0 Å². The summed E-state index contributed by atoms with van der Waals surface area (Å²) in [6.45, 7) is 7.51. The zero-order valence-electron chi connectivity index (χ0n) is 22.1. The van der Waals surface area contributed by atoms with Crippen LogP contribution in [0.1, 0.15) is 48.8 Å². The second kappa shape index (κ2) is 9.23. The van der Waals surface area contributed by atoms with Gasteiger partial charge < -0.3 is 28.8 Å². The maximum Gasteiger partial charge on any atom is 0.274 e. The molecule has 5 heterocycles. The molecule has 0 atom stereocenters. The summed E-state index contributed by atoms with van der Waals surface area (Å²) in [6.07, 6.45) is 11.8. The lowest BCUT2D eigenvalue weighted by Crippen LogP contribution is -2.37. The molecule has 4 aromatic rings. The molecule has 2 fully saturated rings. The number of pyridine rings is 1. The fourth-order valence-electron chi connectivity index (χ4n) is 5.34. The summed E-state index contributed by atoms with van der Waals surface area (Å²) in [7, 11) is 0. The third kappa shape index (κ3) is 4.34. The van der Waals surface area contributed by atoms with Crippen molar-refractivity contribution in [1.82, 2.24) is 24.1 Å². The van der Waals surface area contributed by atoms with Crippen molar-refractivity contribution in [2.75, 3.05) is 43.1 Å². The molecular formula is C29H31N7O3. The van der Waals surface area contributed by atoms with E-state index in [9.17, 15) is 4.79 Å². The Morgan fingerprint density at radius 3 is 2.77 bits per heavy atom. The van der Waals surface area contributed by atoms with Crippen LogP contribution >= 0.6 is 0 Å². The molecule has 7 rings (SSSR count). The van der Waals surface area contributed by atoms with Crippen LogP contribution in [0.25, 0.3) is 17.1 Å². The van der Waals surface area contributed by atoms with Crippen LogP contribution < -0.4 is 15.0 Å². The zero-order chi connectivity index (χ0) is 26.6. The normalized spacial score (nSPS) is 18.1. The van der Waals surface area contributed by atoms with E-state index >= 15 is 0 Å². The van der Waals surface area contributed by atoms with Crippen molar-refractivity contribution in [3.63, 3.8) is 0 Å². The fourth-order valence-corrected chi connectivity index (χ4v) is 5.34. The van der Waals surface area contributed by atoms with Crippen molar-refractivity contribution in [2.45, 2.75) is 38.1 Å². The second-order valence-electron chi connectivity index (χ2n) is 11.0. The van der Waals surface area contributed by atoms with E-state index in [0.717, 1.165) is 41.5 Å². The highest BCUT2D eigenvalue weighted by Gasteiger charge is 2.31. The number of aromatic nitrogens is 5. The molecule has 0 spiro atoms. The van der Waals surface area contributed by atoms with E-state index in [1.807, 2.05) is 41.4 Å². The van der Waals surface area contributed by atoms with Gasteiger partial charge in [-0.2, -0.15) is 0 Å². The van der Waals surface area contributed by atoms with Gasteiger partial charge in [0.25, 0.3) is 5.91 Å². The van der Waals surface area contributed by atoms with Crippen LogP contribution in [0.5, 0.6) is 5.75 Å². The monoisotopic (exact) mass is 525 g/mol. The lowest BCUT2D eigenvalue weighted by molar-refractivity contribution is 0.102. The Balaban J connectivity index is 1.23. The largest absolute Gasteiger partial charge is 0.488 e. The lowest BCUT2D eigenvalue weighted by atomic mass is 10.1. The Hall–Kier alpha value is -4.18. The van der Waals surface area contributed by atoms with E-state index < -0.39 is 0 Å². The number of carbonyl (C=O) groups is 1. The van der Waals surface area contributed by atoms with Gasteiger partial charge in [-0.05, 0) is 44.9 Å². The number of benzene rings is 1. The molecule has 10 heteroatoms. The number of imidazole rings is 2. The van der Waals surface area contributed by atoms with Gasteiger partial charge in [-0.1, -0.05) is 6.07 Å². The lowest BCUT2D eigenvalue weighted by Gasteiger charge is -2.30. The van der Waals surface area contributed by atoms with Gasteiger partial charge in [-0.25, -0.2) is 15.0 Å². The van der Waals surface area contributed by atoms with Crippen LogP contribution in [0.4, 0.5) is 11.4 Å². The van der Waals surface area contributed by atoms with Gasteiger partial charge in [-0.15, -0.1) is 0 Å². The summed E-state index contributed by atoms with van der Waals surface area (Å²) in [6, 6.07) is 7.57. The molecule has 2 aliphatic heterocycles. The molecule has 0 radical (unpaired) electrons. The highest BCUT2D eigenvalue weighted by Crippen LogP contribution is 2.41. The van der Waals surface area contributed by atoms with Crippen LogP contribution in [0.2, 0.25) is 0 Å². The first-order valence-corrected chi connectivity index (χ1v) is 13.5. The zero-order valence-corrected chi connectivity index (χ0v) is 22.1. The van der Waals surface area contributed by atoms with Gasteiger partial charge in [0.2, 0.25) is 0 Å². The van der Waals surface area contributed by atoms with Crippen LogP contribution in [-0.4, -0.2) is 62.9 Å². The SMILES string of the molecule is CC1(C)COc2c(NC(=O)c3cc(-n4cnc(C5CC5)c4)c(N4CCOCC4)cn3)cccc2-c2nccn21. The van der Waals surface area contributed by atoms with E-state index in [0.29, 0.717) is 42.9 Å². The first-order chi connectivity index (χ1) is 19.0. The smallest absolute Gasteiger partial charge is 0.274 e. The highest BCUT2D eigenvalue weighted by molar-refractivity contribution is 6.05. The van der Waals surface area contributed by atoms with Crippen LogP contribution in [0.3, 0.4) is 0 Å². The molecule has 0 bridgehead atoms. The van der Waals surface area contributed by atoms with E-state index in [1.165, 1.54) is 12.8 Å². The number of amides is 1. The molecule has 1 N–H and O–H groups in total. The number of ether oxygens (including phenoxy) is 2. The number of hydrogen-bond donors (Lipinski definition) is 1. The molecule has 1 aromatic carbocycles. The van der Waals surface area contributed by atoms with Crippen molar-refractivity contribution in [3.8, 4) is 22.8 Å². The topological polar surface area (TPSA) is 99.3 Å². The molecule has 1 aliphatic carbocycles. The number of rotatable bonds is 5. The molecule has 3 aromatic heterocycles. The first kappa shape index (κ1) is 23.9. The number of hydrogen-bond acceptors (Lipinski definition) is 7. The van der Waals surface area contributed by atoms with Crippen molar-refractivity contribution < 1.29 is 14.3 Å². The number of para-hydroxylation sites is 1. The quantitative estimate of drug-likeness (QED) is 0.416. The maximum atomic E-state index is 13.6. The third-order valence-electron chi connectivity index (χ3n) is 7.69. The highest BCUT2D eigenvalue weighted by atomic mass is 16.5. The number of nitrogens with zero attached hydrogens (tertiary/aromatic N) is 6. The Kier molecular flexibility index (Phi) is 5.66. The van der Waals surface area contributed by atoms with Gasteiger partial charge in [0.1, 0.15) is 18.1 Å². The number of carbonyl (C=O) groups excluding carboxylic acids is 1. The molecule has 3 aliphatic rings. The molecule has 1 amide bonds. The Morgan fingerprint density at radius 1 is 1.10 bits per heavy atom. The van der Waals surface area contributed by atoms with Crippen molar-refractivity contribution in [2.24, 2.45) is 0 Å². The molecule has 10 nitrogen and oxygen atoms in total. The summed E-state index contributed by atoms with van der Waals surface area (Å²) in [5.41, 5.74) is 4.38. The van der Waals surface area contributed by atoms with Crippen LogP contribution in [-0.2, 0) is 10.3 Å². The molecular weight excluding hydrogens is 494 g/mol. The predicted octanol–water partition coefficient (Wildman–Crippen LogP) is 4.22. The van der Waals surface area contributed by atoms with Crippen molar-refractivity contribution in [1.29, 1.82) is 0 Å². The molecule has 1 saturated carbocycles. The number of fused-ring (bicyclic) bond motifs is 3. The summed E-state index contributed by atoms with van der Waals surface area (Å²) in [4.78, 5) is 29.7. The van der Waals surface area contributed by atoms with E-state index in [2.05, 4.69) is 49.8 Å². The third-order valence-corrected chi connectivity index (χ3v) is 7.69. The van der Waals surface area contributed by atoms with Crippen molar-refractivity contribution in [3.05, 3.63) is 66.8 Å². The average molecular weight is 526 g/mol. The summed E-state index contributed by atoms with van der Waals surface area (Å²) in [5.74, 6) is 1.65. The Labute approximate surface area is 226 Å². The number of morpholine rings is 1. The van der Waals surface area contributed by atoms with Gasteiger partial charge in [-0.3, -0.25) is 4.79 Å². The standard InChI is InChI=1S/C29H31N7O3/c1-29(2)17-39-26-20(27-30-8-9-36(27)29)4-3-5-21(26)33-28(37)22-14-24(35-16-23(32-18-35)19-6-7-19)25(15-31-22)34-10-12-38-13-11-34/h3-5,8-9,14-16,18-19H,6-7,10-13,17H2,1-2H3,(H,33,37). The summed E-state index contributed by atoms with van der Waals surface area (Å²) in [5, 5.41) is 3.05. The van der Waals surface area contributed by atoms with E-state index in [-0.39, 0.29) is 11.4 Å². The summed E-state index contributed by atoms with van der Waals surface area (Å²) < 4.78 is 16.0. The molecule has 1 saturated heterocycles. The number of nitrogens with one attached hydrogen (secondary N) is 1. The van der Waals surface area contributed by atoms with Gasteiger partial charge in [0.15, 0.2) is 5.75 Å². The maximum absolute atomic E-state index is 13.6. The Morgan fingerprint density at radius 2 is 1.95 bits per heavy atom. The fraction of sp³-hybridized carbons (Fsp3) is 0.379. The minimum Gasteiger partial charge on any atom is -0.488 e. The minimum atomic E-state index is -0.309.